The highest BCUT2D eigenvalue weighted by Gasteiger charge is 2.15. The SMILES string of the molecule is C[C@H](NC(=O)c1ccc(F)cc1Br)c1cccc(OC(F)F)c1. The number of carbonyl (C=O) groups excluding carboxylic acids is 1. The molecular formula is C16H13BrF3NO2. The summed E-state index contributed by atoms with van der Waals surface area (Å²) in [4.78, 5) is 12.2. The Hall–Kier alpha value is -2.02. The first-order valence-electron chi connectivity index (χ1n) is 6.67. The normalized spacial score (nSPS) is 12.1. The van der Waals surface area contributed by atoms with E-state index < -0.39 is 24.4 Å². The van der Waals surface area contributed by atoms with Crippen LogP contribution in [0.3, 0.4) is 0 Å². The van der Waals surface area contributed by atoms with Crippen molar-refractivity contribution >= 4 is 21.8 Å². The van der Waals surface area contributed by atoms with Crippen LogP contribution in [0.15, 0.2) is 46.9 Å². The van der Waals surface area contributed by atoms with Crippen LogP contribution in [0.5, 0.6) is 5.75 Å². The molecule has 0 aliphatic rings. The maximum absolute atomic E-state index is 13.1. The Morgan fingerprint density at radius 1 is 1.22 bits per heavy atom. The molecule has 7 heteroatoms. The van der Waals surface area contributed by atoms with E-state index in [1.165, 1.54) is 30.3 Å². The molecule has 122 valence electrons. The first kappa shape index (κ1) is 17.3. The first-order valence-corrected chi connectivity index (χ1v) is 7.47. The van der Waals surface area contributed by atoms with E-state index in [2.05, 4.69) is 26.0 Å². The van der Waals surface area contributed by atoms with Gasteiger partial charge in [0.25, 0.3) is 5.91 Å². The largest absolute Gasteiger partial charge is 0.435 e. The third-order valence-corrected chi connectivity index (χ3v) is 3.76. The second kappa shape index (κ2) is 7.50. The molecule has 0 radical (unpaired) electrons. The van der Waals surface area contributed by atoms with Crippen molar-refractivity contribution in [1.82, 2.24) is 5.32 Å². The second-order valence-electron chi connectivity index (χ2n) is 4.77. The zero-order valence-electron chi connectivity index (χ0n) is 12.0. The maximum Gasteiger partial charge on any atom is 0.387 e. The van der Waals surface area contributed by atoms with Gasteiger partial charge < -0.3 is 10.1 Å². The lowest BCUT2D eigenvalue weighted by molar-refractivity contribution is -0.0499. The molecule has 0 spiro atoms. The number of rotatable bonds is 5. The molecule has 2 aromatic carbocycles. The lowest BCUT2D eigenvalue weighted by Gasteiger charge is -2.16. The molecule has 0 aliphatic carbocycles. The zero-order valence-corrected chi connectivity index (χ0v) is 13.6. The van der Waals surface area contributed by atoms with Crippen molar-refractivity contribution in [3.63, 3.8) is 0 Å². The smallest absolute Gasteiger partial charge is 0.387 e. The quantitative estimate of drug-likeness (QED) is 0.808. The molecule has 0 aromatic heterocycles. The highest BCUT2D eigenvalue weighted by atomic mass is 79.9. The van der Waals surface area contributed by atoms with Crippen molar-refractivity contribution in [2.45, 2.75) is 19.6 Å². The van der Waals surface area contributed by atoms with Crippen LogP contribution in [0.2, 0.25) is 0 Å². The van der Waals surface area contributed by atoms with Crippen LogP contribution in [-0.4, -0.2) is 12.5 Å². The van der Waals surface area contributed by atoms with Crippen molar-refractivity contribution in [2.75, 3.05) is 0 Å². The Morgan fingerprint density at radius 3 is 2.61 bits per heavy atom. The Morgan fingerprint density at radius 2 is 1.96 bits per heavy atom. The van der Waals surface area contributed by atoms with Crippen molar-refractivity contribution in [2.24, 2.45) is 0 Å². The highest BCUT2D eigenvalue weighted by Crippen LogP contribution is 2.22. The molecule has 1 N–H and O–H groups in total. The Kier molecular flexibility index (Phi) is 5.65. The second-order valence-corrected chi connectivity index (χ2v) is 5.62. The molecule has 0 bridgehead atoms. The van der Waals surface area contributed by atoms with Gasteiger partial charge in [-0.05, 0) is 58.7 Å². The summed E-state index contributed by atoms with van der Waals surface area (Å²) in [6.07, 6.45) is 0. The monoisotopic (exact) mass is 387 g/mol. The van der Waals surface area contributed by atoms with Crippen LogP contribution >= 0.6 is 15.9 Å². The first-order chi connectivity index (χ1) is 10.9. The molecule has 0 saturated carbocycles. The van der Waals surface area contributed by atoms with Gasteiger partial charge in [-0.2, -0.15) is 8.78 Å². The number of hydrogen-bond donors (Lipinski definition) is 1. The van der Waals surface area contributed by atoms with Gasteiger partial charge in [0.15, 0.2) is 0 Å². The number of ether oxygens (including phenoxy) is 1. The lowest BCUT2D eigenvalue weighted by Crippen LogP contribution is -2.27. The van der Waals surface area contributed by atoms with Gasteiger partial charge in [-0.25, -0.2) is 4.39 Å². The molecule has 2 rings (SSSR count). The topological polar surface area (TPSA) is 38.3 Å². The van der Waals surface area contributed by atoms with Gasteiger partial charge >= 0.3 is 6.61 Å². The van der Waals surface area contributed by atoms with Crippen molar-refractivity contribution in [3.05, 3.63) is 63.9 Å². The Bertz CT molecular complexity index is 709. The summed E-state index contributed by atoms with van der Waals surface area (Å²) in [5, 5.41) is 2.72. The van der Waals surface area contributed by atoms with Crippen LogP contribution in [-0.2, 0) is 0 Å². The number of alkyl halides is 2. The molecule has 3 nitrogen and oxygen atoms in total. The zero-order chi connectivity index (χ0) is 17.0. The fourth-order valence-corrected chi connectivity index (χ4v) is 2.52. The molecule has 1 amide bonds. The number of benzene rings is 2. The third-order valence-electron chi connectivity index (χ3n) is 3.11. The number of halogens is 4. The van der Waals surface area contributed by atoms with Gasteiger partial charge in [0.1, 0.15) is 11.6 Å². The molecule has 0 aliphatic heterocycles. The standard InChI is InChI=1S/C16H13BrF3NO2/c1-9(10-3-2-4-12(7-10)23-16(19)20)21-15(22)13-6-5-11(18)8-14(13)17/h2-9,16H,1H3,(H,21,22)/t9-/m0/s1. The van der Waals surface area contributed by atoms with Gasteiger partial charge in [0, 0.05) is 4.47 Å². The Balaban J connectivity index is 2.12. The molecule has 0 saturated heterocycles. The van der Waals surface area contributed by atoms with E-state index in [0.29, 0.717) is 10.0 Å². The molecule has 1 atom stereocenters. The van der Waals surface area contributed by atoms with E-state index in [9.17, 15) is 18.0 Å². The van der Waals surface area contributed by atoms with Crippen LogP contribution in [0.4, 0.5) is 13.2 Å². The van der Waals surface area contributed by atoms with E-state index in [1.54, 1.807) is 19.1 Å². The van der Waals surface area contributed by atoms with Gasteiger partial charge in [-0.3, -0.25) is 4.79 Å². The molecule has 2 aromatic rings. The summed E-state index contributed by atoms with van der Waals surface area (Å²) in [5.74, 6) is -0.857. The third kappa shape index (κ3) is 4.72. The van der Waals surface area contributed by atoms with E-state index >= 15 is 0 Å². The average molecular weight is 388 g/mol. The fourth-order valence-electron chi connectivity index (χ4n) is 1.99. The van der Waals surface area contributed by atoms with Crippen LogP contribution in [0.1, 0.15) is 28.9 Å². The summed E-state index contributed by atoms with van der Waals surface area (Å²) in [5.41, 5.74) is 0.882. The number of nitrogens with one attached hydrogen (secondary N) is 1. The van der Waals surface area contributed by atoms with E-state index in [4.69, 9.17) is 0 Å². The highest BCUT2D eigenvalue weighted by molar-refractivity contribution is 9.10. The summed E-state index contributed by atoms with van der Waals surface area (Å²) < 4.78 is 42.2. The summed E-state index contributed by atoms with van der Waals surface area (Å²) in [7, 11) is 0. The van der Waals surface area contributed by atoms with Crippen LogP contribution in [0, 0.1) is 5.82 Å². The predicted octanol–water partition coefficient (Wildman–Crippen LogP) is 4.68. The number of hydrogen-bond acceptors (Lipinski definition) is 2. The number of amides is 1. The van der Waals surface area contributed by atoms with Gasteiger partial charge in [-0.15, -0.1) is 0 Å². The van der Waals surface area contributed by atoms with E-state index in [1.807, 2.05) is 0 Å². The van der Waals surface area contributed by atoms with Gasteiger partial charge in [0.2, 0.25) is 0 Å². The average Bonchev–Trinajstić information content (AvgIpc) is 2.46. The minimum absolute atomic E-state index is 0.0153. The van der Waals surface area contributed by atoms with Gasteiger partial charge in [0.05, 0.1) is 11.6 Å². The Labute approximate surface area is 139 Å². The summed E-state index contributed by atoms with van der Waals surface area (Å²) in [6, 6.07) is 9.36. The lowest BCUT2D eigenvalue weighted by atomic mass is 10.1. The summed E-state index contributed by atoms with van der Waals surface area (Å²) in [6.45, 7) is -1.21. The van der Waals surface area contributed by atoms with Crippen LogP contribution in [0.25, 0.3) is 0 Å². The van der Waals surface area contributed by atoms with Crippen molar-refractivity contribution in [3.8, 4) is 5.75 Å². The molecule has 0 fully saturated rings. The molecule has 23 heavy (non-hydrogen) atoms. The fraction of sp³-hybridized carbons (Fsp3) is 0.188. The summed E-state index contributed by atoms with van der Waals surface area (Å²) >= 11 is 3.13. The number of carbonyl (C=O) groups is 1. The van der Waals surface area contributed by atoms with Crippen molar-refractivity contribution in [1.29, 1.82) is 0 Å². The van der Waals surface area contributed by atoms with E-state index in [-0.39, 0.29) is 11.3 Å². The van der Waals surface area contributed by atoms with Crippen molar-refractivity contribution < 1.29 is 22.7 Å². The maximum atomic E-state index is 13.1. The van der Waals surface area contributed by atoms with Gasteiger partial charge in [-0.1, -0.05) is 12.1 Å². The van der Waals surface area contributed by atoms with E-state index in [0.717, 1.165) is 0 Å². The minimum Gasteiger partial charge on any atom is -0.435 e. The predicted molar refractivity (Wildman–Crippen MR) is 83.1 cm³/mol. The van der Waals surface area contributed by atoms with Crippen LogP contribution < -0.4 is 10.1 Å². The minimum atomic E-state index is -2.91. The molecule has 0 heterocycles. The molecular weight excluding hydrogens is 375 g/mol. The molecule has 0 unspecified atom stereocenters.